The summed E-state index contributed by atoms with van der Waals surface area (Å²) in [4.78, 5) is 26.6. The van der Waals surface area contributed by atoms with Gasteiger partial charge >= 0.3 is 5.97 Å². The summed E-state index contributed by atoms with van der Waals surface area (Å²) in [5.41, 5.74) is 0.101. The van der Waals surface area contributed by atoms with Gasteiger partial charge < -0.3 is 14.4 Å². The molecular formula is C22H32N2O6S. The van der Waals surface area contributed by atoms with Crippen LogP contribution >= 0.6 is 0 Å². The molecule has 2 unspecified atom stereocenters. The predicted molar refractivity (Wildman–Crippen MR) is 115 cm³/mol. The van der Waals surface area contributed by atoms with E-state index in [4.69, 9.17) is 9.47 Å². The Hall–Kier alpha value is -1.97. The fourth-order valence-corrected chi connectivity index (χ4v) is 5.88. The van der Waals surface area contributed by atoms with Crippen LogP contribution < -0.4 is 0 Å². The standard InChI is InChI=1S/C22H32N2O6S/c1-16-13-24(14-17(2)30-16)31(27,28)20-11-7-8-18(12-20)22(26)29-15-21(25)23(3)19-9-5-4-6-10-19/h7-8,11-12,16-17,19H,4-6,9-10,13-15H2,1-3H3. The Morgan fingerprint density at radius 1 is 1.13 bits per heavy atom. The monoisotopic (exact) mass is 452 g/mol. The van der Waals surface area contributed by atoms with E-state index < -0.39 is 16.0 Å². The summed E-state index contributed by atoms with van der Waals surface area (Å²) in [5.74, 6) is -0.966. The minimum absolute atomic E-state index is 0.0221. The number of nitrogens with zero attached hydrogens (tertiary/aromatic N) is 2. The first-order valence-electron chi connectivity index (χ1n) is 10.9. The molecule has 1 aromatic carbocycles. The van der Waals surface area contributed by atoms with Crippen molar-refractivity contribution in [3.8, 4) is 0 Å². The largest absolute Gasteiger partial charge is 0.452 e. The van der Waals surface area contributed by atoms with Crippen molar-refractivity contribution < 1.29 is 27.5 Å². The molecule has 0 spiro atoms. The van der Waals surface area contributed by atoms with E-state index in [1.165, 1.54) is 35.0 Å². The van der Waals surface area contributed by atoms with Gasteiger partial charge in [-0.05, 0) is 44.9 Å². The summed E-state index contributed by atoms with van der Waals surface area (Å²) < 4.78 is 38.3. The smallest absolute Gasteiger partial charge is 0.338 e. The summed E-state index contributed by atoms with van der Waals surface area (Å²) in [5, 5.41) is 0. The van der Waals surface area contributed by atoms with E-state index in [1.807, 2.05) is 13.8 Å². The lowest BCUT2D eigenvalue weighted by Crippen LogP contribution is -2.48. The second kappa shape index (κ2) is 10.1. The van der Waals surface area contributed by atoms with Gasteiger partial charge in [-0.25, -0.2) is 13.2 Å². The third-order valence-corrected chi connectivity index (χ3v) is 7.76. The van der Waals surface area contributed by atoms with Gasteiger partial charge in [0.15, 0.2) is 6.61 Å². The number of likely N-dealkylation sites (N-methyl/N-ethyl adjacent to an activating group) is 1. The fraction of sp³-hybridized carbons (Fsp3) is 0.636. The number of morpholine rings is 1. The Bertz CT molecular complexity index is 887. The van der Waals surface area contributed by atoms with Crippen molar-refractivity contribution in [1.29, 1.82) is 0 Å². The second-order valence-electron chi connectivity index (χ2n) is 8.48. The molecule has 1 aliphatic heterocycles. The molecule has 3 rings (SSSR count). The molecule has 2 aliphatic rings. The van der Waals surface area contributed by atoms with Gasteiger partial charge in [0.25, 0.3) is 5.91 Å². The van der Waals surface area contributed by atoms with Gasteiger partial charge in [0, 0.05) is 26.2 Å². The Labute approximate surface area is 184 Å². The molecule has 1 saturated carbocycles. The van der Waals surface area contributed by atoms with Crippen LogP contribution in [-0.4, -0.2) is 74.5 Å². The Morgan fingerprint density at radius 3 is 2.42 bits per heavy atom. The molecule has 1 heterocycles. The Morgan fingerprint density at radius 2 is 1.77 bits per heavy atom. The zero-order valence-corrected chi connectivity index (χ0v) is 19.3. The molecule has 1 aliphatic carbocycles. The molecule has 31 heavy (non-hydrogen) atoms. The van der Waals surface area contributed by atoms with Gasteiger partial charge in [-0.3, -0.25) is 4.79 Å². The Kier molecular flexibility index (Phi) is 7.72. The predicted octanol–water partition coefficient (Wildman–Crippen LogP) is 2.43. The average molecular weight is 453 g/mol. The number of sulfonamides is 1. The van der Waals surface area contributed by atoms with Crippen molar-refractivity contribution in [3.05, 3.63) is 29.8 Å². The van der Waals surface area contributed by atoms with Gasteiger partial charge in [0.1, 0.15) is 0 Å². The van der Waals surface area contributed by atoms with Crippen LogP contribution in [0.15, 0.2) is 29.2 Å². The van der Waals surface area contributed by atoms with Crippen LogP contribution in [-0.2, 0) is 24.3 Å². The highest BCUT2D eigenvalue weighted by atomic mass is 32.2. The topological polar surface area (TPSA) is 93.2 Å². The third kappa shape index (κ3) is 5.84. The number of hydrogen-bond donors (Lipinski definition) is 0. The van der Waals surface area contributed by atoms with Crippen LogP contribution in [0.4, 0.5) is 0 Å². The normalized spacial score (nSPS) is 23.3. The number of ether oxygens (including phenoxy) is 2. The number of carbonyl (C=O) groups is 2. The maximum Gasteiger partial charge on any atom is 0.338 e. The molecule has 0 N–H and O–H groups in total. The fourth-order valence-electron chi connectivity index (χ4n) is 4.24. The van der Waals surface area contributed by atoms with Crippen LogP contribution in [0.25, 0.3) is 0 Å². The number of rotatable bonds is 6. The van der Waals surface area contributed by atoms with Gasteiger partial charge in [-0.15, -0.1) is 0 Å². The second-order valence-corrected chi connectivity index (χ2v) is 10.4. The molecule has 2 atom stereocenters. The molecule has 2 fully saturated rings. The summed E-state index contributed by atoms with van der Waals surface area (Å²) in [6.07, 6.45) is 4.91. The lowest BCUT2D eigenvalue weighted by Gasteiger charge is -2.34. The lowest BCUT2D eigenvalue weighted by molar-refractivity contribution is -0.135. The zero-order chi connectivity index (χ0) is 22.6. The van der Waals surface area contributed by atoms with Gasteiger partial charge in [0.2, 0.25) is 10.0 Å². The first-order chi connectivity index (χ1) is 14.7. The number of amides is 1. The van der Waals surface area contributed by atoms with Gasteiger partial charge in [-0.2, -0.15) is 4.31 Å². The molecule has 0 aromatic heterocycles. The van der Waals surface area contributed by atoms with E-state index in [0.29, 0.717) is 0 Å². The van der Waals surface area contributed by atoms with E-state index in [0.717, 1.165) is 25.7 Å². The summed E-state index contributed by atoms with van der Waals surface area (Å²) in [7, 11) is -2.03. The first kappa shape index (κ1) is 23.7. The van der Waals surface area contributed by atoms with Crippen LogP contribution in [0.3, 0.4) is 0 Å². The molecule has 9 heteroatoms. The summed E-state index contributed by atoms with van der Waals surface area (Å²) >= 11 is 0. The zero-order valence-electron chi connectivity index (χ0n) is 18.5. The maximum absolute atomic E-state index is 13.0. The molecule has 172 valence electrons. The van der Waals surface area contributed by atoms with Crippen LogP contribution in [0.5, 0.6) is 0 Å². The van der Waals surface area contributed by atoms with Crippen molar-refractivity contribution in [2.75, 3.05) is 26.7 Å². The average Bonchev–Trinajstić information content (AvgIpc) is 2.76. The van der Waals surface area contributed by atoms with E-state index in [-0.39, 0.29) is 54.3 Å². The Balaban J connectivity index is 1.63. The van der Waals surface area contributed by atoms with E-state index in [2.05, 4.69) is 0 Å². The van der Waals surface area contributed by atoms with Crippen molar-refractivity contribution >= 4 is 21.9 Å². The highest BCUT2D eigenvalue weighted by Gasteiger charge is 2.32. The third-order valence-electron chi connectivity index (χ3n) is 5.94. The summed E-state index contributed by atoms with van der Waals surface area (Å²) in [6.45, 7) is 3.80. The molecule has 0 radical (unpaired) electrons. The van der Waals surface area contributed by atoms with E-state index in [9.17, 15) is 18.0 Å². The lowest BCUT2D eigenvalue weighted by atomic mass is 9.94. The first-order valence-corrected chi connectivity index (χ1v) is 12.3. The highest BCUT2D eigenvalue weighted by Crippen LogP contribution is 2.23. The molecule has 1 saturated heterocycles. The molecular weight excluding hydrogens is 420 g/mol. The minimum Gasteiger partial charge on any atom is -0.452 e. The minimum atomic E-state index is -3.77. The van der Waals surface area contributed by atoms with Crippen molar-refractivity contribution in [1.82, 2.24) is 9.21 Å². The van der Waals surface area contributed by atoms with Gasteiger partial charge in [0.05, 0.1) is 22.7 Å². The molecule has 1 amide bonds. The van der Waals surface area contributed by atoms with Crippen molar-refractivity contribution in [3.63, 3.8) is 0 Å². The van der Waals surface area contributed by atoms with Crippen molar-refractivity contribution in [2.24, 2.45) is 0 Å². The van der Waals surface area contributed by atoms with Crippen LogP contribution in [0.2, 0.25) is 0 Å². The number of esters is 1. The van der Waals surface area contributed by atoms with Crippen molar-refractivity contribution in [2.45, 2.75) is 69.1 Å². The van der Waals surface area contributed by atoms with E-state index in [1.54, 1.807) is 11.9 Å². The van der Waals surface area contributed by atoms with Crippen LogP contribution in [0.1, 0.15) is 56.3 Å². The quantitative estimate of drug-likeness (QED) is 0.616. The number of carbonyl (C=O) groups excluding carboxylic acids is 2. The summed E-state index contributed by atoms with van der Waals surface area (Å²) in [6, 6.07) is 5.94. The molecule has 8 nitrogen and oxygen atoms in total. The number of hydrogen-bond acceptors (Lipinski definition) is 6. The van der Waals surface area contributed by atoms with Gasteiger partial charge in [-0.1, -0.05) is 25.3 Å². The van der Waals surface area contributed by atoms with E-state index >= 15 is 0 Å². The molecule has 1 aromatic rings. The highest BCUT2D eigenvalue weighted by molar-refractivity contribution is 7.89. The molecule has 0 bridgehead atoms. The van der Waals surface area contributed by atoms with Crippen LogP contribution in [0, 0.1) is 0 Å². The maximum atomic E-state index is 13.0. The SMILES string of the molecule is CC1CN(S(=O)(=O)c2cccc(C(=O)OCC(=O)N(C)C3CCCCC3)c2)CC(C)O1. The number of benzene rings is 1.